The number of nitrogens with zero attached hydrogens (tertiary/aromatic N) is 1. The first-order chi connectivity index (χ1) is 14.0. The Morgan fingerprint density at radius 2 is 1.83 bits per heavy atom. The van der Waals surface area contributed by atoms with Gasteiger partial charge >= 0.3 is 11.5 Å². The van der Waals surface area contributed by atoms with Gasteiger partial charge in [0.1, 0.15) is 5.75 Å². The lowest BCUT2D eigenvalue weighted by atomic mass is 10.1. The largest absolute Gasteiger partial charge is 0.495 e. The summed E-state index contributed by atoms with van der Waals surface area (Å²) >= 11 is 5.93. The van der Waals surface area contributed by atoms with E-state index in [0.717, 1.165) is 0 Å². The fourth-order valence-electron chi connectivity index (χ4n) is 3.20. The molecule has 0 saturated carbocycles. The minimum absolute atomic E-state index is 0.0486. The van der Waals surface area contributed by atoms with E-state index in [1.165, 1.54) is 42.0 Å². The fourth-order valence-corrected chi connectivity index (χ4v) is 3.98. The van der Waals surface area contributed by atoms with Gasteiger partial charge in [-0.15, -0.1) is 0 Å². The molecule has 0 amide bonds. The first-order valence-corrected chi connectivity index (χ1v) is 9.71. The summed E-state index contributed by atoms with van der Waals surface area (Å²) in [6.45, 7) is 1.60. The maximum atomic E-state index is 13.2. The van der Waals surface area contributed by atoms with Crippen LogP contribution in [0.3, 0.4) is 0 Å². The van der Waals surface area contributed by atoms with E-state index in [9.17, 15) is 27.9 Å². The van der Waals surface area contributed by atoms with Gasteiger partial charge in [-0.3, -0.25) is 14.2 Å². The molecule has 0 radical (unpaired) electrons. The first kappa shape index (κ1) is 22.0. The summed E-state index contributed by atoms with van der Waals surface area (Å²) in [5.74, 6) is -1.26. The lowest BCUT2D eigenvalue weighted by Crippen LogP contribution is -2.14. The highest BCUT2D eigenvalue weighted by Gasteiger charge is 2.29. The number of halogens is 4. The van der Waals surface area contributed by atoms with Crippen molar-refractivity contribution in [3.63, 3.8) is 0 Å². The third-order valence-corrected chi connectivity index (χ3v) is 5.51. The Morgan fingerprint density at radius 1 is 1.20 bits per heavy atom. The van der Waals surface area contributed by atoms with E-state index < -0.39 is 17.4 Å². The third kappa shape index (κ3) is 4.41. The molecule has 30 heavy (non-hydrogen) atoms. The molecule has 10 heteroatoms. The summed E-state index contributed by atoms with van der Waals surface area (Å²) in [6, 6.07) is 8.07. The quantitative estimate of drug-likeness (QED) is 0.509. The third-order valence-electron chi connectivity index (χ3n) is 4.47. The van der Waals surface area contributed by atoms with E-state index in [4.69, 9.17) is 16.3 Å². The number of rotatable bonds is 5. The normalized spacial score (nSPS) is 11.7. The predicted octanol–water partition coefficient (Wildman–Crippen LogP) is 5.54. The molecule has 2 aromatic carbocycles. The van der Waals surface area contributed by atoms with Crippen molar-refractivity contribution in [2.45, 2.75) is 23.7 Å². The molecule has 3 rings (SSSR count). The van der Waals surface area contributed by atoms with Gasteiger partial charge in [0.25, 0.3) is 5.91 Å². The Labute approximate surface area is 178 Å². The van der Waals surface area contributed by atoms with E-state index in [1.54, 1.807) is 13.0 Å². The minimum Gasteiger partial charge on any atom is -0.495 e. The summed E-state index contributed by atoms with van der Waals surface area (Å²) in [5, 5.41) is 10.0. The number of carbonyl (C=O) groups is 2. The molecule has 0 atom stereocenters. The summed E-state index contributed by atoms with van der Waals surface area (Å²) in [6.07, 6.45) is -0.325. The number of benzene rings is 2. The van der Waals surface area contributed by atoms with Crippen molar-refractivity contribution in [3.05, 3.63) is 58.2 Å². The maximum absolute atomic E-state index is 13.2. The van der Waals surface area contributed by atoms with Gasteiger partial charge in [-0.1, -0.05) is 11.6 Å². The standard InChI is InChI=1S/C20H15ClF3NO4S/c1-10-13(8-18(26)27)14-7-17(29-2)15(21)9-16(14)25(10)19(28)11-3-5-12(6-4-11)30-20(22,23)24/h3-7,9H,8H2,1-2H3,(H,26,27). The fraction of sp³-hybridized carbons (Fsp3) is 0.200. The van der Waals surface area contributed by atoms with Crippen LogP contribution < -0.4 is 4.74 Å². The Bertz CT molecular complexity index is 1140. The van der Waals surface area contributed by atoms with Crippen LogP contribution in [0, 0.1) is 6.92 Å². The van der Waals surface area contributed by atoms with Crippen molar-refractivity contribution in [3.8, 4) is 5.75 Å². The Hall–Kier alpha value is -2.65. The lowest BCUT2D eigenvalue weighted by Gasteiger charge is -2.10. The topological polar surface area (TPSA) is 68.5 Å². The molecule has 0 aliphatic heterocycles. The van der Waals surface area contributed by atoms with E-state index >= 15 is 0 Å². The zero-order chi connectivity index (χ0) is 22.2. The number of fused-ring (bicyclic) bond motifs is 1. The first-order valence-electron chi connectivity index (χ1n) is 8.51. The van der Waals surface area contributed by atoms with Crippen LogP contribution in [0.1, 0.15) is 21.6 Å². The number of carboxylic acid groups (broad SMARTS) is 1. The summed E-state index contributed by atoms with van der Waals surface area (Å²) < 4.78 is 44.1. The van der Waals surface area contributed by atoms with Crippen molar-refractivity contribution in [1.29, 1.82) is 0 Å². The molecule has 0 fully saturated rings. The second kappa shape index (κ2) is 8.23. The number of aliphatic carboxylic acids is 1. The molecule has 3 aromatic rings. The van der Waals surface area contributed by atoms with Gasteiger partial charge in [-0.05, 0) is 60.6 Å². The molecule has 1 aromatic heterocycles. The van der Waals surface area contributed by atoms with Crippen LogP contribution >= 0.6 is 23.4 Å². The van der Waals surface area contributed by atoms with Crippen LogP contribution in [0.25, 0.3) is 10.9 Å². The number of carboxylic acids is 1. The second-order valence-electron chi connectivity index (χ2n) is 6.35. The van der Waals surface area contributed by atoms with E-state index in [0.29, 0.717) is 27.9 Å². The lowest BCUT2D eigenvalue weighted by molar-refractivity contribution is -0.136. The highest BCUT2D eigenvalue weighted by molar-refractivity contribution is 8.00. The Balaban J connectivity index is 2.12. The zero-order valence-electron chi connectivity index (χ0n) is 15.7. The van der Waals surface area contributed by atoms with Crippen LogP contribution in [0.5, 0.6) is 5.75 Å². The van der Waals surface area contributed by atoms with Crippen molar-refractivity contribution >= 4 is 46.1 Å². The van der Waals surface area contributed by atoms with Gasteiger partial charge in [-0.2, -0.15) is 13.2 Å². The molecule has 0 spiro atoms. The van der Waals surface area contributed by atoms with E-state index in [-0.39, 0.29) is 33.7 Å². The number of methoxy groups -OCH3 is 1. The molecule has 0 bridgehead atoms. The number of hydrogen-bond acceptors (Lipinski definition) is 4. The molecule has 0 saturated heterocycles. The molecule has 158 valence electrons. The van der Waals surface area contributed by atoms with Gasteiger partial charge in [0.05, 0.1) is 24.1 Å². The van der Waals surface area contributed by atoms with Crippen LogP contribution in [-0.2, 0) is 11.2 Å². The van der Waals surface area contributed by atoms with Crippen LogP contribution in [0.15, 0.2) is 41.3 Å². The molecular weight excluding hydrogens is 443 g/mol. The number of ether oxygens (including phenoxy) is 1. The molecule has 5 nitrogen and oxygen atoms in total. The van der Waals surface area contributed by atoms with Gasteiger partial charge in [0.2, 0.25) is 0 Å². The average molecular weight is 458 g/mol. The maximum Gasteiger partial charge on any atom is 0.446 e. The highest BCUT2D eigenvalue weighted by atomic mass is 35.5. The van der Waals surface area contributed by atoms with Gasteiger partial charge in [0, 0.05) is 21.5 Å². The molecule has 0 aliphatic rings. The molecule has 0 unspecified atom stereocenters. The number of thioether (sulfide) groups is 1. The second-order valence-corrected chi connectivity index (χ2v) is 7.90. The Morgan fingerprint density at radius 3 is 2.37 bits per heavy atom. The number of carbonyl (C=O) groups excluding carboxylic acids is 1. The van der Waals surface area contributed by atoms with Crippen molar-refractivity contribution in [2.24, 2.45) is 0 Å². The van der Waals surface area contributed by atoms with Crippen LogP contribution in [-0.4, -0.2) is 34.2 Å². The average Bonchev–Trinajstić information content (AvgIpc) is 2.90. The zero-order valence-corrected chi connectivity index (χ0v) is 17.3. The molecular formula is C20H15ClF3NO4S. The van der Waals surface area contributed by atoms with Crippen LogP contribution in [0.2, 0.25) is 5.02 Å². The number of aromatic nitrogens is 1. The number of hydrogen-bond donors (Lipinski definition) is 1. The molecule has 1 N–H and O–H groups in total. The van der Waals surface area contributed by atoms with Crippen LogP contribution in [0.4, 0.5) is 13.2 Å². The minimum atomic E-state index is -4.43. The van der Waals surface area contributed by atoms with E-state index in [1.807, 2.05) is 0 Å². The van der Waals surface area contributed by atoms with E-state index in [2.05, 4.69) is 0 Å². The van der Waals surface area contributed by atoms with Crippen molar-refractivity contribution in [1.82, 2.24) is 4.57 Å². The predicted molar refractivity (Wildman–Crippen MR) is 108 cm³/mol. The van der Waals surface area contributed by atoms with Crippen molar-refractivity contribution in [2.75, 3.05) is 7.11 Å². The van der Waals surface area contributed by atoms with Gasteiger partial charge in [-0.25, -0.2) is 0 Å². The smallest absolute Gasteiger partial charge is 0.446 e. The monoisotopic (exact) mass is 457 g/mol. The number of alkyl halides is 3. The SMILES string of the molecule is COc1cc2c(CC(=O)O)c(C)n(C(=O)c3ccc(SC(F)(F)F)cc3)c2cc1Cl. The van der Waals surface area contributed by atoms with Gasteiger partial charge in [0.15, 0.2) is 0 Å². The summed E-state index contributed by atoms with van der Waals surface area (Å²) in [5.41, 5.74) is -3.08. The molecule has 0 aliphatic carbocycles. The van der Waals surface area contributed by atoms with Gasteiger partial charge < -0.3 is 9.84 Å². The summed E-state index contributed by atoms with van der Waals surface area (Å²) in [7, 11) is 1.42. The van der Waals surface area contributed by atoms with Crippen molar-refractivity contribution < 1.29 is 32.6 Å². The molecule has 1 heterocycles. The Kier molecular flexibility index (Phi) is 6.05. The highest BCUT2D eigenvalue weighted by Crippen LogP contribution is 2.38. The summed E-state index contributed by atoms with van der Waals surface area (Å²) in [4.78, 5) is 24.4.